The number of carboxylic acid groups (broad SMARTS) is 1. The summed E-state index contributed by atoms with van der Waals surface area (Å²) >= 11 is 16.9. The summed E-state index contributed by atoms with van der Waals surface area (Å²) in [4.78, 5) is 22.9. The Morgan fingerprint density at radius 2 is 1.70 bits per heavy atom. The van der Waals surface area contributed by atoms with Crippen molar-refractivity contribution in [2.45, 2.75) is 0 Å². The smallest absolute Gasteiger partial charge is 0.335 e. The number of aromatic carboxylic acids is 1. The molecular weight excluding hydrogens is 359 g/mol. The average Bonchev–Trinajstić information content (AvgIpc) is 2.50. The summed E-state index contributed by atoms with van der Waals surface area (Å²) in [6.45, 7) is 0. The third-order valence-electron chi connectivity index (χ3n) is 2.81. The molecule has 0 aliphatic carbocycles. The molecular formula is C15H10Cl2N2O3S. The first kappa shape index (κ1) is 17.2. The van der Waals surface area contributed by atoms with Crippen LogP contribution in [0.3, 0.4) is 0 Å². The largest absolute Gasteiger partial charge is 0.478 e. The van der Waals surface area contributed by atoms with Gasteiger partial charge in [-0.05, 0) is 48.6 Å². The quantitative estimate of drug-likeness (QED) is 0.717. The van der Waals surface area contributed by atoms with Crippen molar-refractivity contribution in [1.82, 2.24) is 5.32 Å². The van der Waals surface area contributed by atoms with Crippen molar-refractivity contribution in [2.24, 2.45) is 0 Å². The number of nitrogens with one attached hydrogen (secondary N) is 2. The van der Waals surface area contributed by atoms with E-state index < -0.39 is 11.9 Å². The molecule has 0 radical (unpaired) electrons. The van der Waals surface area contributed by atoms with Gasteiger partial charge < -0.3 is 10.4 Å². The minimum atomic E-state index is -1.02. The van der Waals surface area contributed by atoms with Crippen LogP contribution in [-0.2, 0) is 0 Å². The van der Waals surface area contributed by atoms with Gasteiger partial charge in [0.15, 0.2) is 5.11 Å². The molecule has 0 heterocycles. The van der Waals surface area contributed by atoms with Gasteiger partial charge in [0.05, 0.1) is 21.2 Å². The molecule has 0 fully saturated rings. The fourth-order valence-corrected chi connectivity index (χ4v) is 2.30. The molecule has 2 aromatic rings. The SMILES string of the molecule is O=C(O)c1ccc(NC(=S)NC(=O)c2cccc(Cl)c2Cl)cc1. The standard InChI is InChI=1S/C15H10Cl2N2O3S/c16-11-3-1-2-10(12(11)17)13(20)19-15(23)18-9-6-4-8(5-7-9)14(21)22/h1-7H,(H,21,22)(H2,18,19,20,23). The maximum Gasteiger partial charge on any atom is 0.335 e. The second-order valence-corrected chi connectivity index (χ2v) is 5.59. The topological polar surface area (TPSA) is 78.4 Å². The number of thiocarbonyl (C=S) groups is 1. The van der Waals surface area contributed by atoms with E-state index in [9.17, 15) is 9.59 Å². The molecule has 0 bridgehead atoms. The highest BCUT2D eigenvalue weighted by molar-refractivity contribution is 7.80. The van der Waals surface area contributed by atoms with E-state index in [1.54, 1.807) is 12.1 Å². The van der Waals surface area contributed by atoms with Crippen molar-refractivity contribution in [2.75, 3.05) is 5.32 Å². The van der Waals surface area contributed by atoms with Gasteiger partial charge >= 0.3 is 5.97 Å². The van der Waals surface area contributed by atoms with Crippen molar-refractivity contribution in [3.05, 3.63) is 63.6 Å². The summed E-state index contributed by atoms with van der Waals surface area (Å²) in [6.07, 6.45) is 0. The van der Waals surface area contributed by atoms with E-state index in [0.29, 0.717) is 5.69 Å². The van der Waals surface area contributed by atoms with Crippen LogP contribution in [0.5, 0.6) is 0 Å². The minimum absolute atomic E-state index is 0.0501. The third kappa shape index (κ3) is 4.41. The number of rotatable bonds is 3. The van der Waals surface area contributed by atoms with Gasteiger partial charge in [0.1, 0.15) is 0 Å². The van der Waals surface area contributed by atoms with Crippen molar-refractivity contribution in [3.8, 4) is 0 Å². The van der Waals surface area contributed by atoms with Crippen LogP contribution in [0.4, 0.5) is 5.69 Å². The van der Waals surface area contributed by atoms with E-state index in [0.717, 1.165) is 0 Å². The molecule has 0 saturated heterocycles. The van der Waals surface area contributed by atoms with Gasteiger partial charge in [-0.15, -0.1) is 0 Å². The van der Waals surface area contributed by atoms with Gasteiger partial charge in [0, 0.05) is 5.69 Å². The molecule has 0 spiro atoms. The summed E-state index contributed by atoms with van der Waals surface area (Å²) in [5.41, 5.74) is 0.887. The molecule has 0 saturated carbocycles. The Morgan fingerprint density at radius 3 is 2.30 bits per heavy atom. The van der Waals surface area contributed by atoms with Crippen LogP contribution in [0.25, 0.3) is 0 Å². The lowest BCUT2D eigenvalue weighted by molar-refractivity contribution is 0.0696. The van der Waals surface area contributed by atoms with Crippen molar-refractivity contribution >= 4 is 58.1 Å². The Kier molecular flexibility index (Phi) is 5.54. The Hall–Kier alpha value is -2.15. The Bertz CT molecular complexity index is 779. The van der Waals surface area contributed by atoms with Crippen molar-refractivity contribution < 1.29 is 14.7 Å². The first-order valence-electron chi connectivity index (χ1n) is 6.28. The van der Waals surface area contributed by atoms with E-state index in [4.69, 9.17) is 40.5 Å². The van der Waals surface area contributed by atoms with Crippen LogP contribution in [-0.4, -0.2) is 22.1 Å². The van der Waals surface area contributed by atoms with Crippen molar-refractivity contribution in [1.29, 1.82) is 0 Å². The number of hydrogen-bond acceptors (Lipinski definition) is 3. The number of carboxylic acids is 1. The summed E-state index contributed by atoms with van der Waals surface area (Å²) in [6, 6.07) is 10.6. The fraction of sp³-hybridized carbons (Fsp3) is 0. The predicted molar refractivity (Wildman–Crippen MR) is 93.6 cm³/mol. The van der Waals surface area contributed by atoms with Crippen LogP contribution in [0.15, 0.2) is 42.5 Å². The van der Waals surface area contributed by atoms with Gasteiger partial charge in [0.25, 0.3) is 5.91 Å². The second-order valence-electron chi connectivity index (χ2n) is 4.39. The van der Waals surface area contributed by atoms with Crippen LogP contribution in [0.1, 0.15) is 20.7 Å². The normalized spacial score (nSPS) is 10.0. The molecule has 8 heteroatoms. The van der Waals surface area contributed by atoms with Crippen LogP contribution >= 0.6 is 35.4 Å². The summed E-state index contributed by atoms with van der Waals surface area (Å²) in [7, 11) is 0. The van der Waals surface area contributed by atoms with Gasteiger partial charge in [-0.3, -0.25) is 10.1 Å². The molecule has 0 aromatic heterocycles. The van der Waals surface area contributed by atoms with E-state index in [-0.39, 0.29) is 26.3 Å². The summed E-state index contributed by atoms with van der Waals surface area (Å²) < 4.78 is 0. The second kappa shape index (κ2) is 7.41. The summed E-state index contributed by atoms with van der Waals surface area (Å²) in [5, 5.41) is 14.5. The molecule has 5 nitrogen and oxygen atoms in total. The number of benzene rings is 2. The fourth-order valence-electron chi connectivity index (χ4n) is 1.71. The third-order valence-corrected chi connectivity index (χ3v) is 3.84. The van der Waals surface area contributed by atoms with E-state index >= 15 is 0 Å². The minimum Gasteiger partial charge on any atom is -0.478 e. The van der Waals surface area contributed by atoms with Gasteiger partial charge in [-0.25, -0.2) is 4.79 Å². The van der Waals surface area contributed by atoms with Gasteiger partial charge in [-0.1, -0.05) is 29.3 Å². The van der Waals surface area contributed by atoms with Crippen LogP contribution in [0.2, 0.25) is 10.0 Å². The molecule has 0 aliphatic rings. The maximum absolute atomic E-state index is 12.1. The molecule has 0 aliphatic heterocycles. The highest BCUT2D eigenvalue weighted by Gasteiger charge is 2.14. The Morgan fingerprint density at radius 1 is 1.04 bits per heavy atom. The summed E-state index contributed by atoms with van der Waals surface area (Å²) in [5.74, 6) is -1.53. The lowest BCUT2D eigenvalue weighted by Gasteiger charge is -2.11. The zero-order valence-electron chi connectivity index (χ0n) is 11.5. The van der Waals surface area contributed by atoms with Gasteiger partial charge in [0.2, 0.25) is 0 Å². The van der Waals surface area contributed by atoms with Crippen molar-refractivity contribution in [3.63, 3.8) is 0 Å². The molecule has 1 amide bonds. The molecule has 118 valence electrons. The first-order chi connectivity index (χ1) is 10.9. The lowest BCUT2D eigenvalue weighted by Crippen LogP contribution is -2.34. The monoisotopic (exact) mass is 368 g/mol. The number of carbonyl (C=O) groups excluding carboxylic acids is 1. The Labute approximate surface area is 147 Å². The van der Waals surface area contributed by atoms with Crippen LogP contribution in [0, 0.1) is 0 Å². The first-order valence-corrected chi connectivity index (χ1v) is 7.44. The average molecular weight is 369 g/mol. The molecule has 3 N–H and O–H groups in total. The lowest BCUT2D eigenvalue weighted by atomic mass is 10.2. The van der Waals surface area contributed by atoms with E-state index in [1.165, 1.54) is 30.3 Å². The molecule has 2 aromatic carbocycles. The predicted octanol–water partition coefficient (Wildman–Crippen LogP) is 3.82. The van der Waals surface area contributed by atoms with Crippen LogP contribution < -0.4 is 10.6 Å². The number of anilines is 1. The van der Waals surface area contributed by atoms with Gasteiger partial charge in [-0.2, -0.15) is 0 Å². The number of carbonyl (C=O) groups is 2. The number of halogens is 2. The van der Waals surface area contributed by atoms with E-state index in [1.807, 2.05) is 0 Å². The number of amides is 1. The molecule has 0 atom stereocenters. The highest BCUT2D eigenvalue weighted by Crippen LogP contribution is 2.25. The molecule has 0 unspecified atom stereocenters. The maximum atomic E-state index is 12.1. The zero-order valence-corrected chi connectivity index (χ0v) is 13.8. The number of hydrogen-bond donors (Lipinski definition) is 3. The highest BCUT2D eigenvalue weighted by atomic mass is 35.5. The zero-order chi connectivity index (χ0) is 17.0. The van der Waals surface area contributed by atoms with E-state index in [2.05, 4.69) is 10.6 Å². The molecule has 23 heavy (non-hydrogen) atoms. The molecule has 2 rings (SSSR count). The Balaban J connectivity index is 2.03.